The lowest BCUT2D eigenvalue weighted by molar-refractivity contribution is -0.922. The minimum absolute atomic E-state index is 0.0408. The first-order valence-corrected chi connectivity index (χ1v) is 12.8. The van der Waals surface area contributed by atoms with E-state index in [4.69, 9.17) is 14.2 Å². The topological polar surface area (TPSA) is 151 Å². The molecule has 214 valence electrons. The highest BCUT2D eigenvalue weighted by Gasteiger charge is 2.46. The van der Waals surface area contributed by atoms with Gasteiger partial charge < -0.3 is 29.6 Å². The van der Waals surface area contributed by atoms with Crippen molar-refractivity contribution in [2.45, 2.75) is 79.0 Å². The monoisotopic (exact) mass is 530 g/mol. The summed E-state index contributed by atoms with van der Waals surface area (Å²) in [4.78, 5) is 51.8. The second kappa shape index (κ2) is 14.5. The fraction of sp³-hybridized carbons (Fsp3) is 0.840. The van der Waals surface area contributed by atoms with Crippen molar-refractivity contribution in [2.75, 3.05) is 33.9 Å². The van der Waals surface area contributed by atoms with E-state index in [1.165, 1.54) is 19.1 Å². The van der Waals surface area contributed by atoms with Crippen molar-refractivity contribution < 1.29 is 38.6 Å². The lowest BCUT2D eigenvalue weighted by atomic mass is 9.97. The molecule has 1 aliphatic rings. The van der Waals surface area contributed by atoms with Crippen LogP contribution in [0.5, 0.6) is 0 Å². The van der Waals surface area contributed by atoms with E-state index in [0.29, 0.717) is 12.8 Å². The third kappa shape index (κ3) is 10.8. The zero-order chi connectivity index (χ0) is 28.5. The van der Waals surface area contributed by atoms with Gasteiger partial charge in [-0.1, -0.05) is 27.7 Å². The molecule has 12 nitrogen and oxygen atoms in total. The third-order valence-electron chi connectivity index (χ3n) is 5.97. The molecule has 0 aromatic carbocycles. The van der Waals surface area contributed by atoms with Gasteiger partial charge in [-0.05, 0) is 45.4 Å². The summed E-state index contributed by atoms with van der Waals surface area (Å²) < 4.78 is 15.1. The first-order chi connectivity index (χ1) is 17.1. The van der Waals surface area contributed by atoms with E-state index in [-0.39, 0.29) is 31.5 Å². The molecule has 2 unspecified atom stereocenters. The third-order valence-corrected chi connectivity index (χ3v) is 5.97. The van der Waals surface area contributed by atoms with Crippen LogP contribution in [0.2, 0.25) is 0 Å². The Kier molecular flexibility index (Phi) is 12.8. The van der Waals surface area contributed by atoms with Crippen LogP contribution in [0.25, 0.3) is 0 Å². The van der Waals surface area contributed by atoms with Crippen molar-refractivity contribution in [1.82, 2.24) is 15.6 Å². The number of rotatable bonds is 12. The van der Waals surface area contributed by atoms with Crippen molar-refractivity contribution in [1.29, 1.82) is 0 Å². The molecule has 0 bridgehead atoms. The van der Waals surface area contributed by atoms with Crippen molar-refractivity contribution in [2.24, 2.45) is 23.7 Å². The van der Waals surface area contributed by atoms with Crippen LogP contribution in [-0.2, 0) is 28.6 Å². The van der Waals surface area contributed by atoms with Gasteiger partial charge in [0.2, 0.25) is 5.91 Å². The van der Waals surface area contributed by atoms with Crippen LogP contribution in [0.15, 0.2) is 0 Å². The van der Waals surface area contributed by atoms with E-state index in [0.717, 1.165) is 0 Å². The average molecular weight is 531 g/mol. The Morgan fingerprint density at radius 1 is 0.973 bits per heavy atom. The Morgan fingerprint density at radius 3 is 2.03 bits per heavy atom. The molecule has 1 aliphatic heterocycles. The number of nitrogens with zero attached hydrogens (tertiary/aromatic N) is 1. The Morgan fingerprint density at radius 2 is 1.54 bits per heavy atom. The van der Waals surface area contributed by atoms with Crippen LogP contribution in [0.3, 0.4) is 0 Å². The summed E-state index contributed by atoms with van der Waals surface area (Å²) in [7, 11) is 2.54. The summed E-state index contributed by atoms with van der Waals surface area (Å²) >= 11 is 0. The number of quaternary nitrogens is 1. The minimum Gasteiger partial charge on any atom is -0.613 e. The van der Waals surface area contributed by atoms with Gasteiger partial charge in [0.15, 0.2) is 0 Å². The fourth-order valence-electron chi connectivity index (χ4n) is 4.27. The van der Waals surface area contributed by atoms with Crippen LogP contribution in [0.4, 0.5) is 4.79 Å². The summed E-state index contributed by atoms with van der Waals surface area (Å²) in [5, 5.41) is 15.5. The molecular weight excluding hydrogens is 484 g/mol. The van der Waals surface area contributed by atoms with Gasteiger partial charge in [0, 0.05) is 6.54 Å². The summed E-state index contributed by atoms with van der Waals surface area (Å²) in [6.07, 6.45) is 0.231. The quantitative estimate of drug-likeness (QED) is 0.188. The molecule has 1 rings (SSSR count). The van der Waals surface area contributed by atoms with Gasteiger partial charge in [0.1, 0.15) is 23.6 Å². The van der Waals surface area contributed by atoms with Gasteiger partial charge in [0.05, 0.1) is 33.2 Å². The molecular formula is C25H46N4O8. The molecule has 2 amide bonds. The number of carbonyl (C=O) groups excluding carboxylic acids is 4. The Labute approximate surface area is 220 Å². The number of ether oxygens (including phenoxy) is 3. The van der Waals surface area contributed by atoms with Crippen molar-refractivity contribution in [3.8, 4) is 0 Å². The summed E-state index contributed by atoms with van der Waals surface area (Å²) in [6.45, 7) is 12.9. The molecule has 0 aromatic heterocycles. The summed E-state index contributed by atoms with van der Waals surface area (Å²) in [5.41, 5.74) is 2.01. The highest BCUT2D eigenvalue weighted by Crippen LogP contribution is 2.20. The number of hydrogen-bond donors (Lipinski definition) is 3. The zero-order valence-corrected chi connectivity index (χ0v) is 23.7. The van der Waals surface area contributed by atoms with Crippen LogP contribution in [-0.4, -0.2) is 80.4 Å². The highest BCUT2D eigenvalue weighted by molar-refractivity contribution is 5.87. The number of likely N-dealkylation sites (tertiary alicyclic amines) is 1. The lowest BCUT2D eigenvalue weighted by Gasteiger charge is -2.32. The second-order valence-corrected chi connectivity index (χ2v) is 11.4. The van der Waals surface area contributed by atoms with Crippen molar-refractivity contribution >= 4 is 23.9 Å². The number of hydroxylamine groups is 1. The number of esters is 2. The normalized spacial score (nSPS) is 20.4. The van der Waals surface area contributed by atoms with Crippen LogP contribution >= 0.6 is 0 Å². The second-order valence-electron chi connectivity index (χ2n) is 11.4. The zero-order valence-electron chi connectivity index (χ0n) is 23.7. The van der Waals surface area contributed by atoms with Crippen molar-refractivity contribution in [3.05, 3.63) is 5.21 Å². The molecule has 1 fully saturated rings. The molecule has 12 heteroatoms. The molecule has 37 heavy (non-hydrogen) atoms. The van der Waals surface area contributed by atoms with Crippen LogP contribution in [0, 0.1) is 28.9 Å². The van der Waals surface area contributed by atoms with E-state index < -0.39 is 58.6 Å². The Balaban J connectivity index is 3.11. The fourth-order valence-corrected chi connectivity index (χ4v) is 4.27. The van der Waals surface area contributed by atoms with E-state index in [9.17, 15) is 24.4 Å². The van der Waals surface area contributed by atoms with Gasteiger partial charge in [-0.25, -0.2) is 9.59 Å². The minimum atomic E-state index is -0.923. The maximum Gasteiger partial charge on any atom is 0.410 e. The highest BCUT2D eigenvalue weighted by atomic mass is 16.6. The van der Waals surface area contributed by atoms with E-state index >= 15 is 0 Å². The predicted octanol–water partition coefficient (Wildman–Crippen LogP) is 0.648. The molecule has 1 heterocycles. The van der Waals surface area contributed by atoms with Gasteiger partial charge in [-0.15, -0.1) is 0 Å². The van der Waals surface area contributed by atoms with Gasteiger partial charge >= 0.3 is 18.0 Å². The largest absolute Gasteiger partial charge is 0.613 e. The molecule has 0 aromatic rings. The number of nitrogens with one attached hydrogen (secondary N) is 3. The molecule has 5 atom stereocenters. The van der Waals surface area contributed by atoms with Gasteiger partial charge in [-0.2, -0.15) is 5.43 Å². The van der Waals surface area contributed by atoms with E-state index in [1.807, 2.05) is 27.7 Å². The molecule has 0 saturated carbocycles. The van der Waals surface area contributed by atoms with Crippen LogP contribution in [0.1, 0.15) is 61.3 Å². The number of methoxy groups -OCH3 is 2. The van der Waals surface area contributed by atoms with E-state index in [1.54, 1.807) is 20.8 Å². The number of amides is 2. The van der Waals surface area contributed by atoms with E-state index in [2.05, 4.69) is 10.7 Å². The molecule has 1 saturated heterocycles. The molecule has 0 radical (unpaired) electrons. The smallest absolute Gasteiger partial charge is 0.410 e. The van der Waals surface area contributed by atoms with Gasteiger partial charge in [-0.3, -0.25) is 14.8 Å². The Bertz CT molecular complexity index is 783. The molecule has 0 spiro atoms. The SMILES string of the molecule is COC(=O)C(CC(C)C)NC(=O)[C@@H]1CN(C(=O)OC(C)(C)C)C[C@H]1[NH+]([O-])NC[C@@H](CC(C)C)C(=O)OC. The Hall–Kier alpha value is -2.44. The molecule has 0 aliphatic carbocycles. The van der Waals surface area contributed by atoms with Crippen molar-refractivity contribution in [3.63, 3.8) is 0 Å². The summed E-state index contributed by atoms with van der Waals surface area (Å²) in [5.74, 6) is -2.72. The maximum absolute atomic E-state index is 13.3. The number of hydrogen-bond acceptors (Lipinski definition) is 9. The standard InChI is InChI=1S/C25H46N4O8/c1-15(2)10-17(22(31)35-8)12-26-29(34)20-14-28(24(33)37-25(5,6)7)13-18(20)21(30)27-19(11-16(3)4)23(32)36-9/h15-20,26,29H,10-14H2,1-9H3,(H,27,30)/t17-,18-,19?,20-/m1/s1. The lowest BCUT2D eigenvalue weighted by Crippen LogP contribution is -3.19. The predicted molar refractivity (Wildman–Crippen MR) is 136 cm³/mol. The number of carbonyl (C=O) groups is 4. The maximum atomic E-state index is 13.3. The van der Waals surface area contributed by atoms with Gasteiger partial charge in [0.25, 0.3) is 0 Å². The first-order valence-electron chi connectivity index (χ1n) is 12.8. The average Bonchev–Trinajstić information content (AvgIpc) is 3.24. The first kappa shape index (κ1) is 32.6. The molecule has 3 N–H and O–H groups in total. The van der Waals surface area contributed by atoms with Crippen LogP contribution < -0.4 is 15.9 Å². The summed E-state index contributed by atoms with van der Waals surface area (Å²) in [6, 6.07) is -1.78.